The van der Waals surface area contributed by atoms with E-state index in [9.17, 15) is 4.79 Å². The first-order chi connectivity index (χ1) is 7.09. The number of hydrogen-bond donors (Lipinski definition) is 0. The van der Waals surface area contributed by atoms with E-state index in [0.29, 0.717) is 6.54 Å². The smallest absolute Gasteiger partial charge is 0.319 e. The maximum atomic E-state index is 11.7. The van der Waals surface area contributed by atoms with E-state index in [2.05, 4.69) is 5.16 Å². The van der Waals surface area contributed by atoms with Gasteiger partial charge in [-0.15, -0.1) is 0 Å². The maximum Gasteiger partial charge on any atom is 0.319 e. The van der Waals surface area contributed by atoms with Crippen molar-refractivity contribution < 1.29 is 9.32 Å². The fraction of sp³-hybridized carbons (Fsp3) is 0.600. The minimum atomic E-state index is 0.0229. The normalized spacial score (nSPS) is 15.0. The highest BCUT2D eigenvalue weighted by atomic mass is 16.5. The first kappa shape index (κ1) is 10.0. The van der Waals surface area contributed by atoms with E-state index in [4.69, 9.17) is 4.52 Å². The summed E-state index contributed by atoms with van der Waals surface area (Å²) in [4.78, 5) is 15.1. The molecule has 15 heavy (non-hydrogen) atoms. The van der Waals surface area contributed by atoms with Crippen molar-refractivity contribution in [3.63, 3.8) is 0 Å². The van der Waals surface area contributed by atoms with Crippen LogP contribution >= 0.6 is 0 Å². The van der Waals surface area contributed by atoms with Crippen LogP contribution in [0.4, 0.5) is 4.79 Å². The van der Waals surface area contributed by atoms with E-state index in [0.717, 1.165) is 30.0 Å². The Hall–Kier alpha value is -1.52. The summed E-state index contributed by atoms with van der Waals surface area (Å²) >= 11 is 0. The topological polar surface area (TPSA) is 49.6 Å². The number of fused-ring (bicyclic) bond motifs is 1. The second-order valence-corrected chi connectivity index (χ2v) is 4.02. The molecule has 0 unspecified atom stereocenters. The van der Waals surface area contributed by atoms with Crippen LogP contribution < -0.4 is 0 Å². The van der Waals surface area contributed by atoms with Crippen LogP contribution in [0.5, 0.6) is 0 Å². The largest absolute Gasteiger partial charge is 0.359 e. The molecule has 2 rings (SSSR count). The van der Waals surface area contributed by atoms with Crippen molar-refractivity contribution in [1.82, 2.24) is 15.0 Å². The Balaban J connectivity index is 2.16. The second-order valence-electron chi connectivity index (χ2n) is 4.02. The van der Waals surface area contributed by atoms with Crippen LogP contribution in [0, 0.1) is 6.92 Å². The van der Waals surface area contributed by atoms with Gasteiger partial charge in [0, 0.05) is 26.2 Å². The average Bonchev–Trinajstić information content (AvgIpc) is 2.59. The third kappa shape index (κ3) is 1.69. The van der Waals surface area contributed by atoms with Crippen molar-refractivity contribution >= 4 is 6.03 Å². The van der Waals surface area contributed by atoms with Crippen LogP contribution in [0.1, 0.15) is 17.0 Å². The van der Waals surface area contributed by atoms with E-state index >= 15 is 0 Å². The van der Waals surface area contributed by atoms with Gasteiger partial charge in [-0.2, -0.15) is 0 Å². The van der Waals surface area contributed by atoms with Gasteiger partial charge in [-0.25, -0.2) is 4.79 Å². The maximum absolute atomic E-state index is 11.7. The van der Waals surface area contributed by atoms with Gasteiger partial charge < -0.3 is 14.3 Å². The van der Waals surface area contributed by atoms with Gasteiger partial charge in [-0.1, -0.05) is 5.16 Å². The molecule has 0 aromatic carbocycles. The molecule has 2 heterocycles. The molecule has 1 aromatic heterocycles. The van der Waals surface area contributed by atoms with Crippen LogP contribution in [-0.4, -0.2) is 41.6 Å². The standard InChI is InChI=1S/C10H15N3O2/c1-7-8-4-5-13(10(14)12(2)3)6-9(8)15-11-7/h4-6H2,1-3H3. The zero-order valence-electron chi connectivity index (χ0n) is 9.28. The summed E-state index contributed by atoms with van der Waals surface area (Å²) in [6.45, 7) is 3.21. The van der Waals surface area contributed by atoms with E-state index in [1.165, 1.54) is 0 Å². The minimum Gasteiger partial charge on any atom is -0.359 e. The predicted molar refractivity (Wildman–Crippen MR) is 54.4 cm³/mol. The van der Waals surface area contributed by atoms with Crippen molar-refractivity contribution in [2.75, 3.05) is 20.6 Å². The summed E-state index contributed by atoms with van der Waals surface area (Å²) in [6, 6.07) is 0.0229. The molecule has 0 spiro atoms. The number of aryl methyl sites for hydroxylation is 1. The van der Waals surface area contributed by atoms with Crippen molar-refractivity contribution in [2.24, 2.45) is 0 Å². The number of aromatic nitrogens is 1. The summed E-state index contributed by atoms with van der Waals surface area (Å²) in [5, 5.41) is 3.91. The van der Waals surface area contributed by atoms with Gasteiger partial charge in [0.1, 0.15) is 0 Å². The summed E-state index contributed by atoms with van der Waals surface area (Å²) < 4.78 is 5.18. The molecule has 1 aromatic rings. The summed E-state index contributed by atoms with van der Waals surface area (Å²) in [7, 11) is 3.51. The van der Waals surface area contributed by atoms with E-state index in [1.807, 2.05) is 6.92 Å². The van der Waals surface area contributed by atoms with Gasteiger partial charge in [0.25, 0.3) is 0 Å². The highest BCUT2D eigenvalue weighted by Gasteiger charge is 2.26. The number of nitrogens with zero attached hydrogens (tertiary/aromatic N) is 3. The fourth-order valence-corrected chi connectivity index (χ4v) is 1.83. The SMILES string of the molecule is Cc1noc2c1CCN(C(=O)N(C)C)C2. The molecule has 1 aliphatic rings. The number of amides is 2. The lowest BCUT2D eigenvalue weighted by Gasteiger charge is -2.28. The van der Waals surface area contributed by atoms with Gasteiger partial charge in [-0.3, -0.25) is 0 Å². The molecule has 2 amide bonds. The Bertz CT molecular complexity index is 384. The highest BCUT2D eigenvalue weighted by molar-refractivity contribution is 5.74. The van der Waals surface area contributed by atoms with Crippen LogP contribution in [-0.2, 0) is 13.0 Å². The fourth-order valence-electron chi connectivity index (χ4n) is 1.83. The molecule has 0 saturated heterocycles. The first-order valence-corrected chi connectivity index (χ1v) is 5.00. The van der Waals surface area contributed by atoms with Crippen LogP contribution in [0.25, 0.3) is 0 Å². The molecular formula is C10H15N3O2. The van der Waals surface area contributed by atoms with Crippen molar-refractivity contribution in [3.8, 4) is 0 Å². The molecule has 0 bridgehead atoms. The summed E-state index contributed by atoms with van der Waals surface area (Å²) in [5.74, 6) is 0.828. The second kappa shape index (κ2) is 3.56. The van der Waals surface area contributed by atoms with Crippen molar-refractivity contribution in [1.29, 1.82) is 0 Å². The molecule has 5 heteroatoms. The van der Waals surface area contributed by atoms with Crippen LogP contribution in [0.3, 0.4) is 0 Å². The number of carbonyl (C=O) groups excluding carboxylic acids is 1. The molecule has 1 aliphatic heterocycles. The third-order valence-electron chi connectivity index (χ3n) is 2.69. The predicted octanol–water partition coefficient (Wildman–Crippen LogP) is 1.02. The lowest BCUT2D eigenvalue weighted by molar-refractivity contribution is 0.158. The third-order valence-corrected chi connectivity index (χ3v) is 2.69. The zero-order chi connectivity index (χ0) is 11.0. The molecule has 0 radical (unpaired) electrons. The Labute approximate surface area is 88.6 Å². The average molecular weight is 209 g/mol. The molecular weight excluding hydrogens is 194 g/mol. The van der Waals surface area contributed by atoms with E-state index in [1.54, 1.807) is 23.9 Å². The van der Waals surface area contributed by atoms with Crippen molar-refractivity contribution in [2.45, 2.75) is 19.9 Å². The van der Waals surface area contributed by atoms with Crippen molar-refractivity contribution in [3.05, 3.63) is 17.0 Å². The Kier molecular flexibility index (Phi) is 2.38. The number of carbonyl (C=O) groups is 1. The molecule has 5 nitrogen and oxygen atoms in total. The number of hydrogen-bond acceptors (Lipinski definition) is 3. The van der Waals surface area contributed by atoms with Gasteiger partial charge in [0.2, 0.25) is 0 Å². The zero-order valence-corrected chi connectivity index (χ0v) is 9.28. The van der Waals surface area contributed by atoms with Gasteiger partial charge in [0.15, 0.2) is 5.76 Å². The number of rotatable bonds is 0. The Morgan fingerprint density at radius 1 is 1.53 bits per heavy atom. The van der Waals surface area contributed by atoms with Crippen LogP contribution in [0.15, 0.2) is 4.52 Å². The first-order valence-electron chi connectivity index (χ1n) is 5.00. The molecule has 0 fully saturated rings. The molecule has 0 saturated carbocycles. The van der Waals surface area contributed by atoms with Gasteiger partial charge in [0.05, 0.1) is 12.2 Å². The lowest BCUT2D eigenvalue weighted by Crippen LogP contribution is -2.41. The van der Waals surface area contributed by atoms with Gasteiger partial charge in [-0.05, 0) is 13.3 Å². The molecule has 0 atom stereocenters. The number of urea groups is 1. The molecule has 0 N–H and O–H groups in total. The summed E-state index contributed by atoms with van der Waals surface area (Å²) in [5.41, 5.74) is 2.11. The monoisotopic (exact) mass is 209 g/mol. The highest BCUT2D eigenvalue weighted by Crippen LogP contribution is 2.21. The molecule has 0 aliphatic carbocycles. The van der Waals surface area contributed by atoms with E-state index < -0.39 is 0 Å². The Morgan fingerprint density at radius 3 is 2.93 bits per heavy atom. The molecule has 82 valence electrons. The van der Waals surface area contributed by atoms with E-state index in [-0.39, 0.29) is 6.03 Å². The Morgan fingerprint density at radius 2 is 2.27 bits per heavy atom. The van der Waals surface area contributed by atoms with Crippen LogP contribution in [0.2, 0.25) is 0 Å². The quantitative estimate of drug-likeness (QED) is 0.641. The lowest BCUT2D eigenvalue weighted by atomic mass is 10.1. The summed E-state index contributed by atoms with van der Waals surface area (Å²) in [6.07, 6.45) is 0.838. The minimum absolute atomic E-state index is 0.0229. The van der Waals surface area contributed by atoms with Gasteiger partial charge >= 0.3 is 6.03 Å².